The van der Waals surface area contributed by atoms with Crippen LogP contribution in [0.1, 0.15) is 59.9 Å². The van der Waals surface area contributed by atoms with Crippen LogP contribution in [0.15, 0.2) is 88.7 Å². The van der Waals surface area contributed by atoms with Gasteiger partial charge in [0.2, 0.25) is 0 Å². The highest BCUT2D eigenvalue weighted by atomic mass is 16.5. The summed E-state index contributed by atoms with van der Waals surface area (Å²) in [6, 6.07) is 17.8. The van der Waals surface area contributed by atoms with Gasteiger partial charge in [0.05, 0.1) is 0 Å². The molecule has 1 saturated heterocycles. The molecule has 0 aromatic heterocycles. The van der Waals surface area contributed by atoms with Crippen LogP contribution in [0, 0.1) is 5.92 Å². The monoisotopic (exact) mass is 459 g/mol. The van der Waals surface area contributed by atoms with Crippen molar-refractivity contribution in [2.75, 3.05) is 13.1 Å². The number of allylic oxidation sites excluding steroid dienone is 5. The number of nitrogens with two attached hydrogens (primary N) is 1. The Labute approximate surface area is 206 Å². The topological polar surface area (TPSA) is 59.6 Å². The van der Waals surface area contributed by atoms with E-state index in [1.807, 2.05) is 69.4 Å². The highest BCUT2D eigenvalue weighted by molar-refractivity contribution is 6.12. The number of nitrogens with zero attached hydrogens (tertiary/aromatic N) is 1. The fraction of sp³-hybridized carbons (Fsp3) is 0.367. The average molecular weight is 460 g/mol. The summed E-state index contributed by atoms with van der Waals surface area (Å²) >= 11 is 0. The standard InChI is InChI=1S/C25H30N2O.C5H11N/c1-6-18(3)17-27-20(5)25(19(4)26)24(7-2)21-13-15-23(16-14-21)28-22-11-9-8-10-12-22;1-5-2-3-6-4-5/h7-17H,6,26H2,1-5H3;5-6H,2-4H2,1H3/b18-17?,24-7-,25-19-,27-20?;/t;5-/m.1/s1. The lowest BCUT2D eigenvalue weighted by Gasteiger charge is -2.15. The molecule has 2 aromatic rings. The van der Waals surface area contributed by atoms with E-state index in [9.17, 15) is 0 Å². The van der Waals surface area contributed by atoms with Crippen molar-refractivity contribution in [2.45, 2.75) is 54.4 Å². The predicted octanol–water partition coefficient (Wildman–Crippen LogP) is 7.51. The van der Waals surface area contributed by atoms with Crippen molar-refractivity contribution in [2.24, 2.45) is 16.6 Å². The molecule has 1 heterocycles. The van der Waals surface area contributed by atoms with Crippen LogP contribution in [-0.4, -0.2) is 18.8 Å². The highest BCUT2D eigenvalue weighted by Crippen LogP contribution is 2.29. The van der Waals surface area contributed by atoms with Crippen molar-refractivity contribution in [1.29, 1.82) is 0 Å². The number of hydrogen-bond acceptors (Lipinski definition) is 4. The largest absolute Gasteiger partial charge is 0.457 e. The first-order valence-corrected chi connectivity index (χ1v) is 12.2. The zero-order chi connectivity index (χ0) is 24.9. The molecule has 4 nitrogen and oxygen atoms in total. The molecule has 0 radical (unpaired) electrons. The molecular weight excluding hydrogens is 418 g/mol. The quantitative estimate of drug-likeness (QED) is 0.333. The van der Waals surface area contributed by atoms with Crippen LogP contribution in [0.3, 0.4) is 0 Å². The molecule has 1 aliphatic heterocycles. The van der Waals surface area contributed by atoms with Gasteiger partial charge in [0.15, 0.2) is 0 Å². The molecule has 3 rings (SSSR count). The van der Waals surface area contributed by atoms with Crippen molar-refractivity contribution < 1.29 is 4.74 Å². The zero-order valence-electron chi connectivity index (χ0n) is 21.7. The minimum absolute atomic E-state index is 0.751. The maximum Gasteiger partial charge on any atom is 0.127 e. The third-order valence-electron chi connectivity index (χ3n) is 5.80. The van der Waals surface area contributed by atoms with E-state index < -0.39 is 0 Å². The average Bonchev–Trinajstić information content (AvgIpc) is 3.33. The fourth-order valence-corrected chi connectivity index (χ4v) is 3.64. The number of aliphatic imine (C=N–C) groups is 1. The van der Waals surface area contributed by atoms with Gasteiger partial charge in [0.25, 0.3) is 0 Å². The molecule has 4 heteroatoms. The van der Waals surface area contributed by atoms with E-state index in [1.165, 1.54) is 25.1 Å². The summed E-state index contributed by atoms with van der Waals surface area (Å²) in [6.45, 7) is 14.9. The van der Waals surface area contributed by atoms with E-state index in [2.05, 4.69) is 49.3 Å². The molecule has 3 N–H and O–H groups in total. The first-order chi connectivity index (χ1) is 16.3. The molecule has 0 bridgehead atoms. The smallest absolute Gasteiger partial charge is 0.127 e. The Bertz CT molecular complexity index is 1000. The third kappa shape index (κ3) is 8.68. The van der Waals surface area contributed by atoms with Gasteiger partial charge in [-0.1, -0.05) is 55.8 Å². The minimum Gasteiger partial charge on any atom is -0.457 e. The number of benzene rings is 2. The lowest BCUT2D eigenvalue weighted by atomic mass is 9.93. The molecule has 34 heavy (non-hydrogen) atoms. The van der Waals surface area contributed by atoms with E-state index in [-0.39, 0.29) is 0 Å². The Morgan fingerprint density at radius 2 is 1.71 bits per heavy atom. The Morgan fingerprint density at radius 1 is 1.06 bits per heavy atom. The van der Waals surface area contributed by atoms with Crippen molar-refractivity contribution in [3.63, 3.8) is 0 Å². The molecular formula is C30H41N3O. The predicted molar refractivity (Wildman–Crippen MR) is 147 cm³/mol. The number of nitrogens with one attached hydrogen (secondary N) is 1. The number of rotatable bonds is 7. The molecule has 182 valence electrons. The van der Waals surface area contributed by atoms with Crippen molar-refractivity contribution in [1.82, 2.24) is 5.32 Å². The molecule has 1 atom stereocenters. The normalized spacial score (nSPS) is 17.6. The Kier molecular flexibility index (Phi) is 11.3. The number of para-hydroxylation sites is 1. The van der Waals surface area contributed by atoms with Gasteiger partial charge < -0.3 is 15.8 Å². The van der Waals surface area contributed by atoms with Gasteiger partial charge >= 0.3 is 0 Å². The second-order valence-electron chi connectivity index (χ2n) is 8.84. The Hall–Kier alpha value is -3.11. The number of hydrogen-bond donors (Lipinski definition) is 2. The Balaban J connectivity index is 0.000000589. The van der Waals surface area contributed by atoms with E-state index in [0.717, 1.165) is 52.0 Å². The van der Waals surface area contributed by atoms with Crippen LogP contribution >= 0.6 is 0 Å². The molecule has 0 saturated carbocycles. The molecule has 0 spiro atoms. The molecule has 1 fully saturated rings. The van der Waals surface area contributed by atoms with Gasteiger partial charge in [-0.2, -0.15) is 0 Å². The minimum atomic E-state index is 0.751. The van der Waals surface area contributed by atoms with E-state index in [0.29, 0.717) is 0 Å². The van der Waals surface area contributed by atoms with Gasteiger partial charge in [0, 0.05) is 23.2 Å². The lowest BCUT2D eigenvalue weighted by molar-refractivity contribution is 0.482. The summed E-state index contributed by atoms with van der Waals surface area (Å²) < 4.78 is 5.89. The molecule has 0 aliphatic carbocycles. The maximum atomic E-state index is 6.23. The fourth-order valence-electron chi connectivity index (χ4n) is 3.64. The zero-order valence-corrected chi connectivity index (χ0v) is 21.7. The second-order valence-corrected chi connectivity index (χ2v) is 8.84. The summed E-state index contributed by atoms with van der Waals surface area (Å²) in [6.07, 6.45) is 6.35. The molecule has 0 amide bonds. The van der Waals surface area contributed by atoms with Gasteiger partial charge in [0.1, 0.15) is 11.5 Å². The van der Waals surface area contributed by atoms with Gasteiger partial charge in [-0.05, 0) is 94.9 Å². The van der Waals surface area contributed by atoms with E-state index in [1.54, 1.807) is 0 Å². The molecule has 0 unspecified atom stereocenters. The van der Waals surface area contributed by atoms with Gasteiger partial charge in [-0.3, -0.25) is 4.99 Å². The van der Waals surface area contributed by atoms with Gasteiger partial charge in [-0.15, -0.1) is 0 Å². The highest BCUT2D eigenvalue weighted by Gasteiger charge is 2.13. The SMILES string of the molecule is C/C=C(\C(C(C)=NC=C(C)CC)=C(\C)N)c1ccc(Oc2ccccc2)cc1.C[C@@H]1CCNC1. The van der Waals surface area contributed by atoms with Crippen LogP contribution in [-0.2, 0) is 0 Å². The lowest BCUT2D eigenvalue weighted by Crippen LogP contribution is -2.08. The van der Waals surface area contributed by atoms with Crippen molar-refractivity contribution >= 4 is 11.3 Å². The van der Waals surface area contributed by atoms with E-state index >= 15 is 0 Å². The van der Waals surface area contributed by atoms with E-state index in [4.69, 9.17) is 10.5 Å². The van der Waals surface area contributed by atoms with Crippen LogP contribution in [0.4, 0.5) is 0 Å². The van der Waals surface area contributed by atoms with Crippen molar-refractivity contribution in [3.8, 4) is 11.5 Å². The van der Waals surface area contributed by atoms with Gasteiger partial charge in [-0.25, -0.2) is 0 Å². The molecule has 1 aliphatic rings. The first kappa shape index (κ1) is 27.1. The van der Waals surface area contributed by atoms with Crippen LogP contribution < -0.4 is 15.8 Å². The van der Waals surface area contributed by atoms with Crippen LogP contribution in [0.5, 0.6) is 11.5 Å². The molecule has 2 aromatic carbocycles. The summed E-state index contributed by atoms with van der Waals surface area (Å²) in [5.41, 5.74) is 12.2. The summed E-state index contributed by atoms with van der Waals surface area (Å²) in [5, 5.41) is 3.27. The summed E-state index contributed by atoms with van der Waals surface area (Å²) in [4.78, 5) is 4.64. The van der Waals surface area contributed by atoms with Crippen LogP contribution in [0.25, 0.3) is 5.57 Å². The summed E-state index contributed by atoms with van der Waals surface area (Å²) in [7, 11) is 0. The summed E-state index contributed by atoms with van der Waals surface area (Å²) in [5.74, 6) is 2.55. The number of ether oxygens (including phenoxy) is 1. The van der Waals surface area contributed by atoms with Crippen molar-refractivity contribution in [3.05, 3.63) is 89.3 Å². The van der Waals surface area contributed by atoms with Crippen LogP contribution in [0.2, 0.25) is 0 Å². The second kappa shape index (κ2) is 14.2. The third-order valence-corrected chi connectivity index (χ3v) is 5.80. The first-order valence-electron chi connectivity index (χ1n) is 12.2. The Morgan fingerprint density at radius 3 is 2.18 bits per heavy atom. The maximum absolute atomic E-state index is 6.23.